The standard InChI is InChI=1S/C19H25NO4S/c1-13-8-9-25-17(13)12-20(2)18(21)7-6-14-10-15(22-3)19(24-5)16(11-14)23-4/h8-11H,6-7,12H2,1-5H3. The fraction of sp³-hybridized carbons (Fsp3) is 0.421. The first-order valence-electron chi connectivity index (χ1n) is 8.06. The molecule has 0 unspecified atom stereocenters. The van der Waals surface area contributed by atoms with E-state index in [4.69, 9.17) is 14.2 Å². The Morgan fingerprint density at radius 1 is 1.12 bits per heavy atom. The van der Waals surface area contributed by atoms with E-state index in [0.29, 0.717) is 36.6 Å². The molecule has 0 aliphatic heterocycles. The van der Waals surface area contributed by atoms with Crippen molar-refractivity contribution in [1.82, 2.24) is 4.90 Å². The highest BCUT2D eigenvalue weighted by molar-refractivity contribution is 7.10. The van der Waals surface area contributed by atoms with Crippen molar-refractivity contribution in [1.29, 1.82) is 0 Å². The Bertz CT molecular complexity index is 701. The lowest BCUT2D eigenvalue weighted by Crippen LogP contribution is -2.26. The maximum absolute atomic E-state index is 12.4. The van der Waals surface area contributed by atoms with Crippen molar-refractivity contribution in [2.24, 2.45) is 0 Å². The topological polar surface area (TPSA) is 48.0 Å². The Morgan fingerprint density at radius 2 is 1.76 bits per heavy atom. The molecule has 0 spiro atoms. The lowest BCUT2D eigenvalue weighted by atomic mass is 10.1. The van der Waals surface area contributed by atoms with Crippen molar-refractivity contribution in [2.45, 2.75) is 26.3 Å². The third-order valence-electron chi connectivity index (χ3n) is 4.13. The van der Waals surface area contributed by atoms with E-state index in [0.717, 1.165) is 5.56 Å². The van der Waals surface area contributed by atoms with Crippen LogP contribution in [0.15, 0.2) is 23.6 Å². The number of carbonyl (C=O) groups excluding carboxylic acids is 1. The molecule has 0 aliphatic rings. The Kier molecular flexibility index (Phi) is 6.70. The monoisotopic (exact) mass is 363 g/mol. The van der Waals surface area contributed by atoms with E-state index in [1.54, 1.807) is 37.6 Å². The van der Waals surface area contributed by atoms with E-state index >= 15 is 0 Å². The lowest BCUT2D eigenvalue weighted by Gasteiger charge is -2.18. The average molecular weight is 363 g/mol. The van der Waals surface area contributed by atoms with Gasteiger partial charge in [-0.25, -0.2) is 0 Å². The molecule has 5 nitrogen and oxygen atoms in total. The van der Waals surface area contributed by atoms with Gasteiger partial charge in [-0.15, -0.1) is 11.3 Å². The molecule has 1 amide bonds. The number of aryl methyl sites for hydroxylation is 2. The maximum Gasteiger partial charge on any atom is 0.222 e. The highest BCUT2D eigenvalue weighted by Gasteiger charge is 2.15. The van der Waals surface area contributed by atoms with Gasteiger partial charge in [0.2, 0.25) is 11.7 Å². The number of rotatable bonds is 8. The average Bonchev–Trinajstić information content (AvgIpc) is 3.03. The molecule has 2 aromatic rings. The SMILES string of the molecule is COc1cc(CCC(=O)N(C)Cc2sccc2C)cc(OC)c1OC. The molecule has 0 bridgehead atoms. The van der Waals surface area contributed by atoms with Crippen LogP contribution >= 0.6 is 11.3 Å². The third-order valence-corrected chi connectivity index (χ3v) is 5.13. The molecule has 0 N–H and O–H groups in total. The summed E-state index contributed by atoms with van der Waals surface area (Å²) >= 11 is 1.68. The van der Waals surface area contributed by atoms with Gasteiger partial charge in [0.1, 0.15) is 0 Å². The maximum atomic E-state index is 12.4. The summed E-state index contributed by atoms with van der Waals surface area (Å²) in [5.41, 5.74) is 2.21. The van der Waals surface area contributed by atoms with Crippen LogP contribution in [-0.2, 0) is 17.8 Å². The summed E-state index contributed by atoms with van der Waals surface area (Å²) in [7, 11) is 6.59. The lowest BCUT2D eigenvalue weighted by molar-refractivity contribution is -0.130. The smallest absolute Gasteiger partial charge is 0.222 e. The number of amides is 1. The number of methoxy groups -OCH3 is 3. The van der Waals surface area contributed by atoms with E-state index in [-0.39, 0.29) is 5.91 Å². The van der Waals surface area contributed by atoms with Crippen LogP contribution in [0, 0.1) is 6.92 Å². The first-order valence-corrected chi connectivity index (χ1v) is 8.94. The second-order valence-corrected chi connectivity index (χ2v) is 6.81. The summed E-state index contributed by atoms with van der Waals surface area (Å²) in [6.07, 6.45) is 1.04. The molecule has 2 rings (SSSR count). The summed E-state index contributed by atoms with van der Waals surface area (Å²) in [6, 6.07) is 5.85. The fourth-order valence-electron chi connectivity index (χ4n) is 2.59. The van der Waals surface area contributed by atoms with Gasteiger partial charge in [0.15, 0.2) is 11.5 Å². The minimum absolute atomic E-state index is 0.113. The van der Waals surface area contributed by atoms with Gasteiger partial charge in [-0.3, -0.25) is 4.79 Å². The highest BCUT2D eigenvalue weighted by atomic mass is 32.1. The fourth-order valence-corrected chi connectivity index (χ4v) is 3.55. The molecule has 0 fully saturated rings. The van der Waals surface area contributed by atoms with Gasteiger partial charge >= 0.3 is 0 Å². The molecule has 0 atom stereocenters. The van der Waals surface area contributed by atoms with Gasteiger partial charge in [0.05, 0.1) is 27.9 Å². The van der Waals surface area contributed by atoms with Crippen LogP contribution in [0.25, 0.3) is 0 Å². The van der Waals surface area contributed by atoms with Crippen LogP contribution in [0.5, 0.6) is 17.2 Å². The van der Waals surface area contributed by atoms with E-state index < -0.39 is 0 Å². The second kappa shape index (κ2) is 8.76. The van der Waals surface area contributed by atoms with Gasteiger partial charge in [0, 0.05) is 18.3 Å². The molecule has 1 heterocycles. The van der Waals surface area contributed by atoms with E-state index in [1.165, 1.54) is 10.4 Å². The van der Waals surface area contributed by atoms with Gasteiger partial charge in [0.25, 0.3) is 0 Å². The predicted octanol–water partition coefficient (Wildman–Crippen LogP) is 3.67. The molecule has 0 radical (unpaired) electrons. The largest absolute Gasteiger partial charge is 0.493 e. The number of hydrogen-bond acceptors (Lipinski definition) is 5. The molecule has 0 aliphatic carbocycles. The first kappa shape index (κ1) is 19.1. The van der Waals surface area contributed by atoms with Crippen molar-refractivity contribution in [2.75, 3.05) is 28.4 Å². The molecule has 1 aromatic heterocycles. The van der Waals surface area contributed by atoms with Crippen LogP contribution < -0.4 is 14.2 Å². The predicted molar refractivity (Wildman–Crippen MR) is 99.9 cm³/mol. The minimum Gasteiger partial charge on any atom is -0.493 e. The summed E-state index contributed by atoms with van der Waals surface area (Å²) < 4.78 is 16.0. The van der Waals surface area contributed by atoms with Gasteiger partial charge in [-0.1, -0.05) is 0 Å². The molecule has 0 saturated heterocycles. The Balaban J connectivity index is 2.02. The summed E-state index contributed by atoms with van der Waals surface area (Å²) in [4.78, 5) is 15.4. The summed E-state index contributed by atoms with van der Waals surface area (Å²) in [5.74, 6) is 1.88. The van der Waals surface area contributed by atoms with Gasteiger partial charge < -0.3 is 19.1 Å². The molecule has 25 heavy (non-hydrogen) atoms. The van der Waals surface area contributed by atoms with E-state index in [9.17, 15) is 4.79 Å². The van der Waals surface area contributed by atoms with E-state index in [2.05, 4.69) is 18.4 Å². The zero-order valence-electron chi connectivity index (χ0n) is 15.4. The summed E-state index contributed by atoms with van der Waals surface area (Å²) in [5, 5.41) is 2.05. The highest BCUT2D eigenvalue weighted by Crippen LogP contribution is 2.38. The molecule has 1 aromatic carbocycles. The van der Waals surface area contributed by atoms with Crippen molar-refractivity contribution in [3.63, 3.8) is 0 Å². The zero-order chi connectivity index (χ0) is 18.4. The number of carbonyl (C=O) groups is 1. The van der Waals surface area contributed by atoms with Gasteiger partial charge in [-0.05, 0) is 48.1 Å². The molecular weight excluding hydrogens is 338 g/mol. The number of benzene rings is 1. The quantitative estimate of drug-likeness (QED) is 0.718. The molecular formula is C19H25NO4S. The Morgan fingerprint density at radius 3 is 2.24 bits per heavy atom. The van der Waals surface area contributed by atoms with Crippen molar-refractivity contribution >= 4 is 17.2 Å². The number of thiophene rings is 1. The van der Waals surface area contributed by atoms with Crippen molar-refractivity contribution < 1.29 is 19.0 Å². The van der Waals surface area contributed by atoms with Crippen LogP contribution in [0.2, 0.25) is 0 Å². The van der Waals surface area contributed by atoms with Crippen molar-refractivity contribution in [3.05, 3.63) is 39.6 Å². The van der Waals surface area contributed by atoms with Crippen LogP contribution in [0.3, 0.4) is 0 Å². The van der Waals surface area contributed by atoms with Crippen LogP contribution in [0.4, 0.5) is 0 Å². The molecule has 6 heteroatoms. The Hall–Kier alpha value is -2.21. The third kappa shape index (κ3) is 4.66. The normalized spacial score (nSPS) is 10.4. The minimum atomic E-state index is 0.113. The summed E-state index contributed by atoms with van der Waals surface area (Å²) in [6.45, 7) is 2.72. The van der Waals surface area contributed by atoms with Gasteiger partial charge in [-0.2, -0.15) is 0 Å². The van der Waals surface area contributed by atoms with Crippen molar-refractivity contribution in [3.8, 4) is 17.2 Å². The second-order valence-electron chi connectivity index (χ2n) is 5.81. The Labute approximate surface area is 153 Å². The number of ether oxygens (including phenoxy) is 3. The number of nitrogens with zero attached hydrogens (tertiary/aromatic N) is 1. The zero-order valence-corrected chi connectivity index (χ0v) is 16.2. The van der Waals surface area contributed by atoms with E-state index in [1.807, 2.05) is 19.2 Å². The van der Waals surface area contributed by atoms with Crippen LogP contribution in [-0.4, -0.2) is 39.2 Å². The molecule has 0 saturated carbocycles. The van der Waals surface area contributed by atoms with Crippen LogP contribution in [0.1, 0.15) is 22.4 Å². The number of hydrogen-bond donors (Lipinski definition) is 0. The molecule has 136 valence electrons. The first-order chi connectivity index (χ1) is 12.0.